The SMILES string of the molecule is C[C@H]1Cc2cc(/C=C3\N=C(c4cccc(F)c4)OC3=O)ccc2O1. The van der Waals surface area contributed by atoms with Crippen molar-refractivity contribution in [2.75, 3.05) is 0 Å². The molecular weight excluding hydrogens is 309 g/mol. The summed E-state index contributed by atoms with van der Waals surface area (Å²) >= 11 is 0. The zero-order valence-corrected chi connectivity index (χ0v) is 13.0. The molecule has 0 saturated carbocycles. The van der Waals surface area contributed by atoms with Gasteiger partial charge in [-0.3, -0.25) is 0 Å². The summed E-state index contributed by atoms with van der Waals surface area (Å²) in [7, 11) is 0. The summed E-state index contributed by atoms with van der Waals surface area (Å²) < 4.78 is 24.1. The van der Waals surface area contributed by atoms with E-state index in [-0.39, 0.29) is 17.7 Å². The van der Waals surface area contributed by atoms with Crippen LogP contribution in [0.4, 0.5) is 4.39 Å². The number of aliphatic imine (C=N–C) groups is 1. The average Bonchev–Trinajstić information content (AvgIpc) is 3.09. The van der Waals surface area contributed by atoms with E-state index in [2.05, 4.69) is 4.99 Å². The Morgan fingerprint density at radius 1 is 1.25 bits per heavy atom. The van der Waals surface area contributed by atoms with Crippen molar-refractivity contribution in [1.82, 2.24) is 0 Å². The van der Waals surface area contributed by atoms with Gasteiger partial charge >= 0.3 is 5.97 Å². The summed E-state index contributed by atoms with van der Waals surface area (Å²) in [5.41, 5.74) is 2.59. The number of nitrogens with zero attached hydrogens (tertiary/aromatic N) is 1. The van der Waals surface area contributed by atoms with Gasteiger partial charge in [-0.1, -0.05) is 12.1 Å². The van der Waals surface area contributed by atoms with E-state index < -0.39 is 11.8 Å². The molecular formula is C19H14FNO3. The van der Waals surface area contributed by atoms with E-state index in [0.29, 0.717) is 5.56 Å². The molecule has 0 aliphatic carbocycles. The maximum atomic E-state index is 13.3. The number of cyclic esters (lactones) is 1. The molecule has 0 fully saturated rings. The van der Waals surface area contributed by atoms with Gasteiger partial charge in [-0.25, -0.2) is 14.2 Å². The number of carbonyl (C=O) groups excluding carboxylic acids is 1. The fourth-order valence-corrected chi connectivity index (χ4v) is 2.84. The fourth-order valence-electron chi connectivity index (χ4n) is 2.84. The Balaban J connectivity index is 1.65. The van der Waals surface area contributed by atoms with Crippen LogP contribution in [-0.4, -0.2) is 18.0 Å². The first-order chi connectivity index (χ1) is 11.6. The Kier molecular flexibility index (Phi) is 3.41. The van der Waals surface area contributed by atoms with Crippen molar-refractivity contribution in [1.29, 1.82) is 0 Å². The minimum Gasteiger partial charge on any atom is -0.490 e. The van der Waals surface area contributed by atoms with Crippen LogP contribution in [0.25, 0.3) is 6.08 Å². The predicted molar refractivity (Wildman–Crippen MR) is 87.2 cm³/mol. The van der Waals surface area contributed by atoms with Gasteiger partial charge in [-0.15, -0.1) is 0 Å². The van der Waals surface area contributed by atoms with Crippen molar-refractivity contribution < 1.29 is 18.7 Å². The van der Waals surface area contributed by atoms with Gasteiger partial charge in [-0.2, -0.15) is 0 Å². The molecule has 0 radical (unpaired) electrons. The first-order valence-electron chi connectivity index (χ1n) is 7.66. The summed E-state index contributed by atoms with van der Waals surface area (Å²) in [6, 6.07) is 11.5. The van der Waals surface area contributed by atoms with E-state index >= 15 is 0 Å². The highest BCUT2D eigenvalue weighted by atomic mass is 19.1. The molecule has 0 saturated heterocycles. The molecule has 4 rings (SSSR count). The predicted octanol–water partition coefficient (Wildman–Crippen LogP) is 3.49. The van der Waals surface area contributed by atoms with Crippen molar-refractivity contribution in [2.24, 2.45) is 4.99 Å². The lowest BCUT2D eigenvalue weighted by Crippen LogP contribution is -2.05. The van der Waals surface area contributed by atoms with E-state index in [1.54, 1.807) is 18.2 Å². The van der Waals surface area contributed by atoms with Gasteiger partial charge in [0, 0.05) is 12.0 Å². The van der Waals surface area contributed by atoms with Gasteiger partial charge in [0.2, 0.25) is 5.90 Å². The Morgan fingerprint density at radius 3 is 2.96 bits per heavy atom. The maximum Gasteiger partial charge on any atom is 0.363 e. The molecule has 0 amide bonds. The molecule has 2 aliphatic heterocycles. The van der Waals surface area contributed by atoms with Crippen LogP contribution >= 0.6 is 0 Å². The van der Waals surface area contributed by atoms with Crippen molar-refractivity contribution in [3.8, 4) is 5.75 Å². The molecule has 24 heavy (non-hydrogen) atoms. The van der Waals surface area contributed by atoms with E-state index in [1.165, 1.54) is 12.1 Å². The Bertz CT molecular complexity index is 901. The molecule has 5 heteroatoms. The molecule has 2 aromatic carbocycles. The van der Waals surface area contributed by atoms with Crippen LogP contribution in [0.5, 0.6) is 5.75 Å². The molecule has 2 aromatic rings. The van der Waals surface area contributed by atoms with Crippen LogP contribution in [0, 0.1) is 5.82 Å². The summed E-state index contributed by atoms with van der Waals surface area (Å²) in [5, 5.41) is 0. The Morgan fingerprint density at radius 2 is 2.12 bits per heavy atom. The van der Waals surface area contributed by atoms with E-state index in [1.807, 2.05) is 25.1 Å². The van der Waals surface area contributed by atoms with Gasteiger partial charge < -0.3 is 9.47 Å². The fraction of sp³-hybridized carbons (Fsp3) is 0.158. The number of ether oxygens (including phenoxy) is 2. The third-order valence-corrected chi connectivity index (χ3v) is 3.92. The number of halogens is 1. The maximum absolute atomic E-state index is 13.3. The zero-order chi connectivity index (χ0) is 16.7. The first kappa shape index (κ1) is 14.6. The summed E-state index contributed by atoms with van der Waals surface area (Å²) in [5.74, 6) is 0.0438. The smallest absolute Gasteiger partial charge is 0.363 e. The van der Waals surface area contributed by atoms with Crippen molar-refractivity contribution in [3.63, 3.8) is 0 Å². The van der Waals surface area contributed by atoms with Gasteiger partial charge in [0.25, 0.3) is 0 Å². The van der Waals surface area contributed by atoms with Crippen LogP contribution in [0.15, 0.2) is 53.2 Å². The molecule has 0 unspecified atom stereocenters. The lowest BCUT2D eigenvalue weighted by Gasteiger charge is -2.02. The Hall–Kier alpha value is -2.95. The monoisotopic (exact) mass is 323 g/mol. The number of esters is 1. The van der Waals surface area contributed by atoms with E-state index in [0.717, 1.165) is 23.3 Å². The molecule has 120 valence electrons. The number of carbonyl (C=O) groups is 1. The molecule has 0 N–H and O–H groups in total. The largest absolute Gasteiger partial charge is 0.490 e. The zero-order valence-electron chi connectivity index (χ0n) is 13.0. The summed E-state index contributed by atoms with van der Waals surface area (Å²) in [6.45, 7) is 2.02. The second-order valence-corrected chi connectivity index (χ2v) is 5.85. The summed E-state index contributed by atoms with van der Waals surface area (Å²) in [4.78, 5) is 16.2. The standard InChI is InChI=1S/C19H14FNO3/c1-11-7-14-8-12(5-6-17(14)23-11)9-16-19(22)24-18(21-16)13-3-2-4-15(20)10-13/h2-6,8-11H,7H2,1H3/b16-9-/t11-/m0/s1. The minimum atomic E-state index is -0.542. The molecule has 2 aliphatic rings. The van der Waals surface area contributed by atoms with Gasteiger partial charge in [0.15, 0.2) is 5.70 Å². The van der Waals surface area contributed by atoms with Crippen LogP contribution < -0.4 is 4.74 Å². The molecule has 1 atom stereocenters. The van der Waals surface area contributed by atoms with Crippen LogP contribution in [-0.2, 0) is 16.0 Å². The Labute approximate surface area is 138 Å². The summed E-state index contributed by atoms with van der Waals surface area (Å²) in [6.07, 6.45) is 2.67. The van der Waals surface area contributed by atoms with Crippen molar-refractivity contribution >= 4 is 17.9 Å². The number of hydrogen-bond acceptors (Lipinski definition) is 4. The molecule has 0 spiro atoms. The van der Waals surface area contributed by atoms with E-state index in [9.17, 15) is 9.18 Å². The van der Waals surface area contributed by atoms with Crippen LogP contribution in [0.2, 0.25) is 0 Å². The quantitative estimate of drug-likeness (QED) is 0.628. The van der Waals surface area contributed by atoms with Crippen LogP contribution in [0.3, 0.4) is 0 Å². The topological polar surface area (TPSA) is 47.9 Å². The van der Waals surface area contributed by atoms with Gasteiger partial charge in [-0.05, 0) is 54.5 Å². The third kappa shape index (κ3) is 2.69. The van der Waals surface area contributed by atoms with Gasteiger partial charge in [0.05, 0.1) is 0 Å². The molecule has 0 bridgehead atoms. The molecule has 0 aromatic heterocycles. The highest BCUT2D eigenvalue weighted by Gasteiger charge is 2.25. The van der Waals surface area contributed by atoms with Crippen molar-refractivity contribution in [2.45, 2.75) is 19.4 Å². The van der Waals surface area contributed by atoms with Gasteiger partial charge in [0.1, 0.15) is 17.7 Å². The lowest BCUT2D eigenvalue weighted by molar-refractivity contribution is -0.129. The minimum absolute atomic E-state index is 0.115. The molecule has 2 heterocycles. The second kappa shape index (κ2) is 5.60. The lowest BCUT2D eigenvalue weighted by atomic mass is 10.1. The first-order valence-corrected chi connectivity index (χ1v) is 7.66. The highest BCUT2D eigenvalue weighted by molar-refractivity contribution is 6.12. The molecule has 4 nitrogen and oxygen atoms in total. The average molecular weight is 323 g/mol. The second-order valence-electron chi connectivity index (χ2n) is 5.85. The number of benzene rings is 2. The van der Waals surface area contributed by atoms with Crippen LogP contribution in [0.1, 0.15) is 23.6 Å². The number of hydrogen-bond donors (Lipinski definition) is 0. The third-order valence-electron chi connectivity index (χ3n) is 3.92. The van der Waals surface area contributed by atoms with Crippen molar-refractivity contribution in [3.05, 3.63) is 70.7 Å². The number of fused-ring (bicyclic) bond motifs is 1. The number of rotatable bonds is 2. The normalized spacial score (nSPS) is 20.6. The highest BCUT2D eigenvalue weighted by Crippen LogP contribution is 2.30. The van der Waals surface area contributed by atoms with E-state index in [4.69, 9.17) is 9.47 Å².